The number of carbonyl (C=O) groups is 1. The molecule has 0 saturated carbocycles. The van der Waals surface area contributed by atoms with Gasteiger partial charge in [-0.2, -0.15) is 13.2 Å². The first kappa shape index (κ1) is 17.3. The normalized spacial score (nSPS) is 11.7. The molecule has 25 heavy (non-hydrogen) atoms. The molecule has 0 bridgehead atoms. The average Bonchev–Trinajstić information content (AvgIpc) is 3.05. The molecular weight excluding hydrogens is 353 g/mol. The van der Waals surface area contributed by atoms with Crippen LogP contribution in [-0.4, -0.2) is 15.9 Å². The summed E-state index contributed by atoms with van der Waals surface area (Å²) in [5, 5.41) is 2.45. The van der Waals surface area contributed by atoms with Crippen LogP contribution in [0.5, 0.6) is 0 Å². The van der Waals surface area contributed by atoms with E-state index >= 15 is 0 Å². The van der Waals surface area contributed by atoms with Crippen LogP contribution in [0.25, 0.3) is 10.9 Å². The number of halogens is 3. The van der Waals surface area contributed by atoms with E-state index in [1.165, 1.54) is 29.5 Å². The number of benzene rings is 1. The molecule has 0 spiro atoms. The molecule has 0 saturated heterocycles. The molecule has 0 aliphatic heterocycles. The number of esters is 1. The summed E-state index contributed by atoms with van der Waals surface area (Å²) in [5.41, 5.74) is -0.955. The fourth-order valence-corrected chi connectivity index (χ4v) is 3.13. The van der Waals surface area contributed by atoms with Crippen molar-refractivity contribution in [3.63, 3.8) is 0 Å². The van der Waals surface area contributed by atoms with Crippen LogP contribution in [-0.2, 0) is 23.9 Å². The Morgan fingerprint density at radius 1 is 1.28 bits per heavy atom. The van der Waals surface area contributed by atoms with E-state index in [0.717, 1.165) is 17.6 Å². The lowest BCUT2D eigenvalue weighted by molar-refractivity contribution is -0.136. The van der Waals surface area contributed by atoms with Gasteiger partial charge in [0.2, 0.25) is 0 Å². The first-order valence-electron chi connectivity index (χ1n) is 7.45. The van der Waals surface area contributed by atoms with Crippen LogP contribution in [0.15, 0.2) is 35.8 Å². The van der Waals surface area contributed by atoms with Crippen LogP contribution < -0.4 is 0 Å². The second-order valence-electron chi connectivity index (χ2n) is 5.22. The van der Waals surface area contributed by atoms with Gasteiger partial charge in [-0.15, -0.1) is 11.3 Å². The van der Waals surface area contributed by atoms with Gasteiger partial charge in [0, 0.05) is 17.0 Å². The van der Waals surface area contributed by atoms with Gasteiger partial charge in [-0.05, 0) is 12.5 Å². The second-order valence-corrected chi connectivity index (χ2v) is 6.17. The third-order valence-electron chi connectivity index (χ3n) is 3.53. The number of fused-ring (bicyclic) bond motifs is 1. The van der Waals surface area contributed by atoms with Gasteiger partial charge < -0.3 is 4.74 Å². The van der Waals surface area contributed by atoms with Crippen LogP contribution in [0.4, 0.5) is 13.2 Å². The molecule has 130 valence electrons. The number of alkyl halides is 3. The monoisotopic (exact) mass is 366 g/mol. The number of aromatic nitrogens is 2. The minimum Gasteiger partial charge on any atom is -0.455 e. The van der Waals surface area contributed by atoms with E-state index in [1.807, 2.05) is 6.92 Å². The van der Waals surface area contributed by atoms with Crippen molar-refractivity contribution in [2.24, 2.45) is 0 Å². The number of hydrogen-bond acceptors (Lipinski definition) is 5. The number of ether oxygens (including phenoxy) is 1. The molecule has 0 aliphatic rings. The van der Waals surface area contributed by atoms with Gasteiger partial charge in [0.25, 0.3) is 0 Å². The molecule has 0 radical (unpaired) electrons. The number of para-hydroxylation sites is 1. The van der Waals surface area contributed by atoms with Crippen molar-refractivity contribution in [2.75, 3.05) is 0 Å². The minimum atomic E-state index is -4.70. The molecule has 0 aliphatic carbocycles. The van der Waals surface area contributed by atoms with Crippen LogP contribution in [0, 0.1) is 0 Å². The third-order valence-corrected chi connectivity index (χ3v) is 4.57. The number of rotatable bonds is 4. The molecule has 3 aromatic rings. The largest absolute Gasteiger partial charge is 0.455 e. The van der Waals surface area contributed by atoms with Crippen molar-refractivity contribution >= 4 is 28.2 Å². The summed E-state index contributed by atoms with van der Waals surface area (Å²) in [4.78, 5) is 20.4. The van der Waals surface area contributed by atoms with Gasteiger partial charge in [-0.1, -0.05) is 25.1 Å². The molecule has 3 rings (SSSR count). The second kappa shape index (κ2) is 6.79. The van der Waals surface area contributed by atoms with Gasteiger partial charge >= 0.3 is 12.1 Å². The highest BCUT2D eigenvalue weighted by atomic mass is 32.1. The Kier molecular flexibility index (Phi) is 4.71. The lowest BCUT2D eigenvalue weighted by atomic mass is 10.0. The van der Waals surface area contributed by atoms with E-state index < -0.39 is 23.3 Å². The number of carbonyl (C=O) groups excluding carboxylic acids is 1. The maximum atomic E-state index is 13.5. The summed E-state index contributed by atoms with van der Waals surface area (Å²) in [6.07, 6.45) is -3.05. The number of hydrogen-bond donors (Lipinski definition) is 0. The highest BCUT2D eigenvalue weighted by Crippen LogP contribution is 2.37. The molecule has 0 atom stereocenters. The Balaban J connectivity index is 1.92. The number of nitrogens with zero attached hydrogens (tertiary/aromatic N) is 2. The molecule has 4 nitrogen and oxygen atoms in total. The van der Waals surface area contributed by atoms with E-state index in [9.17, 15) is 18.0 Å². The van der Waals surface area contributed by atoms with Crippen LogP contribution in [0.3, 0.4) is 0 Å². The summed E-state index contributed by atoms with van der Waals surface area (Å²) >= 11 is 1.41. The van der Waals surface area contributed by atoms with E-state index in [2.05, 4.69) is 9.97 Å². The van der Waals surface area contributed by atoms with Crippen molar-refractivity contribution in [1.29, 1.82) is 0 Å². The van der Waals surface area contributed by atoms with Crippen LogP contribution in [0.1, 0.15) is 33.5 Å². The van der Waals surface area contributed by atoms with Crippen molar-refractivity contribution < 1.29 is 22.7 Å². The van der Waals surface area contributed by atoms with Crippen molar-refractivity contribution in [2.45, 2.75) is 26.1 Å². The van der Waals surface area contributed by atoms with Crippen molar-refractivity contribution in [3.8, 4) is 0 Å². The Bertz CT molecular complexity index is 922. The van der Waals surface area contributed by atoms with E-state index in [1.54, 1.807) is 11.4 Å². The first-order chi connectivity index (χ1) is 11.9. The molecular formula is C17H13F3N2O2S. The van der Waals surface area contributed by atoms with Gasteiger partial charge in [0.05, 0.1) is 27.3 Å². The van der Waals surface area contributed by atoms with Gasteiger partial charge in [-0.25, -0.2) is 9.78 Å². The average molecular weight is 366 g/mol. The minimum absolute atomic E-state index is 0.133. The number of pyridine rings is 1. The Labute approximate surface area is 145 Å². The summed E-state index contributed by atoms with van der Waals surface area (Å²) in [5.74, 6) is -1.07. The Hall–Kier alpha value is -2.48. The highest BCUT2D eigenvalue weighted by Gasteiger charge is 2.38. The highest BCUT2D eigenvalue weighted by molar-refractivity contribution is 7.09. The lowest BCUT2D eigenvalue weighted by Crippen LogP contribution is -2.16. The maximum absolute atomic E-state index is 13.5. The molecule has 8 heteroatoms. The topological polar surface area (TPSA) is 52.1 Å². The molecule has 2 heterocycles. The molecule has 0 fully saturated rings. The van der Waals surface area contributed by atoms with Gasteiger partial charge in [-0.3, -0.25) is 4.98 Å². The molecule has 2 aromatic heterocycles. The van der Waals surface area contributed by atoms with E-state index in [-0.39, 0.29) is 17.5 Å². The SMILES string of the molecule is CCc1nc(COC(=O)c2cnc3ccccc3c2C(F)(F)F)cs1. The van der Waals surface area contributed by atoms with E-state index in [0.29, 0.717) is 5.69 Å². The van der Waals surface area contributed by atoms with Crippen molar-refractivity contribution in [1.82, 2.24) is 9.97 Å². The van der Waals surface area contributed by atoms with Gasteiger partial charge in [0.15, 0.2) is 0 Å². The maximum Gasteiger partial charge on any atom is 0.417 e. The summed E-state index contributed by atoms with van der Waals surface area (Å²) in [7, 11) is 0. The zero-order valence-corrected chi connectivity index (χ0v) is 13.9. The zero-order chi connectivity index (χ0) is 18.0. The lowest BCUT2D eigenvalue weighted by Gasteiger charge is -2.14. The van der Waals surface area contributed by atoms with Crippen molar-refractivity contribution in [3.05, 3.63) is 57.7 Å². The van der Waals surface area contributed by atoms with Gasteiger partial charge in [0.1, 0.15) is 6.61 Å². The first-order valence-corrected chi connectivity index (χ1v) is 8.33. The van der Waals surface area contributed by atoms with Crippen LogP contribution >= 0.6 is 11.3 Å². The fraction of sp³-hybridized carbons (Fsp3) is 0.235. The van der Waals surface area contributed by atoms with E-state index in [4.69, 9.17) is 4.74 Å². The zero-order valence-electron chi connectivity index (χ0n) is 13.1. The smallest absolute Gasteiger partial charge is 0.417 e. The summed E-state index contributed by atoms with van der Waals surface area (Å²) in [6.45, 7) is 1.75. The number of aryl methyl sites for hydroxylation is 1. The summed E-state index contributed by atoms with van der Waals surface area (Å²) in [6, 6.07) is 5.80. The third kappa shape index (κ3) is 3.63. The molecule has 0 unspecified atom stereocenters. The Morgan fingerprint density at radius 3 is 2.72 bits per heavy atom. The summed E-state index contributed by atoms with van der Waals surface area (Å²) < 4.78 is 45.5. The number of thiazole rings is 1. The van der Waals surface area contributed by atoms with Crippen LogP contribution in [0.2, 0.25) is 0 Å². The standard InChI is InChI=1S/C17H13F3N2O2S/c1-2-14-22-10(9-25-14)8-24-16(23)12-7-21-13-6-4-3-5-11(13)15(12)17(18,19)20/h3-7,9H,2,8H2,1H3. The fourth-order valence-electron chi connectivity index (χ4n) is 2.40. The molecule has 0 N–H and O–H groups in total. The predicted molar refractivity (Wildman–Crippen MR) is 87.4 cm³/mol. The molecule has 0 amide bonds. The Morgan fingerprint density at radius 2 is 2.04 bits per heavy atom. The quantitative estimate of drug-likeness (QED) is 0.632. The predicted octanol–water partition coefficient (Wildman–Crippen LogP) is 4.63. The molecule has 1 aromatic carbocycles.